The minimum Gasteiger partial charge on any atom is -0.481 e. The van der Waals surface area contributed by atoms with Crippen LogP contribution in [-0.2, 0) is 47.5 Å². The Kier molecular flexibility index (Phi) is 13.3. The summed E-state index contributed by atoms with van der Waals surface area (Å²) in [5, 5.41) is 108. The molecular formula is C42H64O20. The van der Waals surface area contributed by atoms with Gasteiger partial charge in [0.15, 0.2) is 18.9 Å². The number of aliphatic carboxylic acids is 1. The smallest absolute Gasteiger partial charge is 0.331 e. The zero-order valence-electron chi connectivity index (χ0n) is 35.2. The van der Waals surface area contributed by atoms with E-state index in [0.717, 1.165) is 5.57 Å². The van der Waals surface area contributed by atoms with Crippen LogP contribution >= 0.6 is 0 Å². The monoisotopic (exact) mass is 888 g/mol. The Morgan fingerprint density at radius 1 is 0.774 bits per heavy atom. The van der Waals surface area contributed by atoms with Gasteiger partial charge in [0.2, 0.25) is 0 Å². The maximum absolute atomic E-state index is 13.5. The molecule has 0 aromatic rings. The van der Waals surface area contributed by atoms with Gasteiger partial charge < -0.3 is 89.0 Å². The molecule has 352 valence electrons. The molecule has 4 aliphatic carbocycles. The Morgan fingerprint density at radius 3 is 2.11 bits per heavy atom. The number of ether oxygens (including phenoxy) is 8. The summed E-state index contributed by atoms with van der Waals surface area (Å²) < 4.78 is 46.3. The van der Waals surface area contributed by atoms with Crippen molar-refractivity contribution in [3.63, 3.8) is 0 Å². The molecule has 0 unspecified atom stereocenters. The van der Waals surface area contributed by atoms with Crippen LogP contribution in [0.4, 0.5) is 0 Å². The van der Waals surface area contributed by atoms with Gasteiger partial charge in [-0.05, 0) is 94.0 Å². The highest BCUT2D eigenvalue weighted by Crippen LogP contribution is 2.70. The molecule has 0 radical (unpaired) electrons. The topological polar surface area (TPSA) is 310 Å². The Hall–Kier alpha value is -1.96. The molecule has 20 nitrogen and oxygen atoms in total. The SMILES string of the molecule is CO[C@H]1[C@H](O)[C@H](O[C@@H]2CC[C@]3(C(=O)O)[C@@H](CC[C@H]4[C@H]3CC[C@@]3(C)[C@H](C5=CC(=O)OC5)CC[C@@]43O)C2)O[C@@H](C)[C@@H]1O[C@H]1O[C@@H](CO[C@@H]2O[C@H](CO)[C@@H](O)[C@H](O)[C@H]2O)[C@H](O)[C@@H](O)[C@@H]1O. The van der Waals surface area contributed by atoms with E-state index in [2.05, 4.69) is 6.92 Å². The van der Waals surface area contributed by atoms with Crippen molar-refractivity contribution in [3.05, 3.63) is 11.6 Å². The maximum atomic E-state index is 13.5. The van der Waals surface area contributed by atoms with Gasteiger partial charge in [0, 0.05) is 18.6 Å². The molecule has 23 atom stereocenters. The number of hydrogen-bond donors (Lipinski definition) is 10. The highest BCUT2D eigenvalue weighted by atomic mass is 16.8. The fourth-order valence-corrected chi connectivity index (χ4v) is 13.0. The predicted octanol–water partition coefficient (Wildman–Crippen LogP) is -2.18. The number of esters is 1. The van der Waals surface area contributed by atoms with E-state index in [0.29, 0.717) is 57.8 Å². The number of rotatable bonds is 11. The number of carbonyl (C=O) groups excluding carboxylic acids is 1. The summed E-state index contributed by atoms with van der Waals surface area (Å²) in [5.74, 6) is -1.99. The van der Waals surface area contributed by atoms with E-state index in [1.54, 1.807) is 13.0 Å². The van der Waals surface area contributed by atoms with Gasteiger partial charge >= 0.3 is 11.9 Å². The number of hydrogen-bond acceptors (Lipinski definition) is 19. The maximum Gasteiger partial charge on any atom is 0.331 e. The highest BCUT2D eigenvalue weighted by molar-refractivity contribution is 5.85. The van der Waals surface area contributed by atoms with Gasteiger partial charge in [0.1, 0.15) is 73.8 Å². The quantitative estimate of drug-likeness (QED) is 0.0779. The average Bonchev–Trinajstić information content (AvgIpc) is 3.80. The molecule has 10 N–H and O–H groups in total. The minimum atomic E-state index is -1.81. The van der Waals surface area contributed by atoms with Crippen molar-refractivity contribution in [1.29, 1.82) is 0 Å². The molecule has 8 rings (SSSR count). The first-order valence-corrected chi connectivity index (χ1v) is 22.0. The first-order valence-electron chi connectivity index (χ1n) is 22.0. The third-order valence-electron chi connectivity index (χ3n) is 16.4. The van der Waals surface area contributed by atoms with Gasteiger partial charge in [-0.15, -0.1) is 0 Å². The van der Waals surface area contributed by atoms with Gasteiger partial charge in [-0.2, -0.15) is 0 Å². The van der Waals surface area contributed by atoms with Crippen LogP contribution in [0.2, 0.25) is 0 Å². The molecule has 4 saturated carbocycles. The molecule has 4 heterocycles. The normalized spacial score (nSPS) is 53.0. The third-order valence-corrected chi connectivity index (χ3v) is 16.4. The molecule has 8 aliphatic rings. The molecule has 0 aromatic carbocycles. The second-order valence-corrected chi connectivity index (χ2v) is 19.2. The van der Waals surface area contributed by atoms with Crippen LogP contribution in [0, 0.1) is 34.5 Å². The lowest BCUT2D eigenvalue weighted by Gasteiger charge is -2.63. The van der Waals surface area contributed by atoms with E-state index < -0.39 is 134 Å². The van der Waals surface area contributed by atoms with Crippen molar-refractivity contribution in [3.8, 4) is 0 Å². The van der Waals surface area contributed by atoms with Crippen LogP contribution in [0.15, 0.2) is 11.6 Å². The molecule has 0 aromatic heterocycles. The van der Waals surface area contributed by atoms with E-state index in [1.165, 1.54) is 7.11 Å². The summed E-state index contributed by atoms with van der Waals surface area (Å²) in [4.78, 5) is 25.5. The molecule has 3 saturated heterocycles. The van der Waals surface area contributed by atoms with Crippen LogP contribution < -0.4 is 0 Å². The van der Waals surface area contributed by atoms with Gasteiger partial charge in [-0.3, -0.25) is 4.79 Å². The van der Waals surface area contributed by atoms with Crippen LogP contribution in [0.5, 0.6) is 0 Å². The molecule has 20 heteroatoms. The van der Waals surface area contributed by atoms with Gasteiger partial charge in [0.25, 0.3) is 0 Å². The van der Waals surface area contributed by atoms with Crippen LogP contribution in [-0.4, -0.2) is 194 Å². The summed E-state index contributed by atoms with van der Waals surface area (Å²) in [6, 6.07) is 0. The van der Waals surface area contributed by atoms with Crippen molar-refractivity contribution in [2.75, 3.05) is 26.9 Å². The van der Waals surface area contributed by atoms with E-state index >= 15 is 0 Å². The summed E-state index contributed by atoms with van der Waals surface area (Å²) in [6.07, 6.45) is -16.2. The van der Waals surface area contributed by atoms with E-state index in [-0.39, 0.29) is 36.2 Å². The fourth-order valence-electron chi connectivity index (χ4n) is 13.0. The number of cyclic esters (lactones) is 1. The van der Waals surface area contributed by atoms with Crippen molar-refractivity contribution in [2.24, 2.45) is 34.5 Å². The molecule has 7 fully saturated rings. The van der Waals surface area contributed by atoms with Gasteiger partial charge in [-0.1, -0.05) is 6.92 Å². The first-order chi connectivity index (χ1) is 29.4. The Labute approximate surface area is 358 Å². The predicted molar refractivity (Wildman–Crippen MR) is 205 cm³/mol. The van der Waals surface area contributed by atoms with Gasteiger partial charge in [0.05, 0.1) is 36.4 Å². The van der Waals surface area contributed by atoms with Crippen molar-refractivity contribution in [1.82, 2.24) is 0 Å². The lowest BCUT2D eigenvalue weighted by Crippen LogP contribution is -2.65. The second kappa shape index (κ2) is 17.7. The molecule has 62 heavy (non-hydrogen) atoms. The summed E-state index contributed by atoms with van der Waals surface area (Å²) in [5.41, 5.74) is -1.77. The Bertz CT molecular complexity index is 1660. The minimum absolute atomic E-state index is 0.0165. The number of aliphatic hydroxyl groups excluding tert-OH is 8. The lowest BCUT2D eigenvalue weighted by atomic mass is 9.42. The van der Waals surface area contributed by atoms with Crippen LogP contribution in [0.1, 0.15) is 71.6 Å². The Balaban J connectivity index is 0.899. The summed E-state index contributed by atoms with van der Waals surface area (Å²) in [7, 11) is 1.33. The van der Waals surface area contributed by atoms with Crippen molar-refractivity contribution >= 4 is 11.9 Å². The summed E-state index contributed by atoms with van der Waals surface area (Å²) >= 11 is 0. The highest BCUT2D eigenvalue weighted by Gasteiger charge is 2.70. The van der Waals surface area contributed by atoms with E-state index in [4.69, 9.17) is 37.9 Å². The molecular weight excluding hydrogens is 824 g/mol. The zero-order chi connectivity index (χ0) is 44.6. The number of carbonyl (C=O) groups is 2. The molecule has 4 aliphatic heterocycles. The van der Waals surface area contributed by atoms with Crippen molar-refractivity contribution < 1.29 is 98.5 Å². The first kappa shape index (κ1) is 46.6. The standard InChI is InChI=1S/C42H64O20/c1-17-34(62-37-32(50)30(48)28(46)25(61-37)16-57-36-31(49)29(47)27(45)24(14-43)60-36)35(55-3)33(51)38(58-17)59-20-6-10-41(39(52)53)19(13-20)4-5-23-22(41)7-9-40(2)21(8-11-42(23,40)54)18-12-26(44)56-15-18/h12,17,19-25,27-38,43,45-51,54H,4-11,13-16H2,1-3H3,(H,52,53)/t17-,19-,20+,21-,22+,23-,24+,25-,27+,28-,29-,30+,31+,32-,33-,34-,35-,36+,37+,38-,40-,41-,42+/m0/s1. The van der Waals surface area contributed by atoms with Crippen LogP contribution in [0.25, 0.3) is 0 Å². The number of aliphatic hydroxyl groups is 9. The largest absolute Gasteiger partial charge is 0.481 e. The summed E-state index contributed by atoms with van der Waals surface area (Å²) in [6.45, 7) is 2.68. The van der Waals surface area contributed by atoms with E-state index in [9.17, 15) is 60.7 Å². The number of fused-ring (bicyclic) bond motifs is 5. The van der Waals surface area contributed by atoms with Crippen LogP contribution in [0.3, 0.4) is 0 Å². The zero-order valence-corrected chi connectivity index (χ0v) is 35.2. The Morgan fingerprint density at radius 2 is 1.45 bits per heavy atom. The second-order valence-electron chi connectivity index (χ2n) is 19.2. The third kappa shape index (κ3) is 7.56. The molecule has 0 amide bonds. The van der Waals surface area contributed by atoms with Crippen molar-refractivity contribution in [2.45, 2.75) is 175 Å². The average molecular weight is 889 g/mol. The number of carboxylic acids is 1. The molecule has 0 bridgehead atoms. The molecule has 0 spiro atoms. The number of methoxy groups -OCH3 is 1. The number of carboxylic acid groups (broad SMARTS) is 1. The lowest BCUT2D eigenvalue weighted by molar-refractivity contribution is -0.367. The van der Waals surface area contributed by atoms with E-state index in [1.807, 2.05) is 0 Å². The van der Waals surface area contributed by atoms with Gasteiger partial charge in [-0.25, -0.2) is 4.79 Å². The fraction of sp³-hybridized carbons (Fsp3) is 0.905.